The van der Waals surface area contributed by atoms with E-state index >= 15 is 0 Å². The third-order valence-corrected chi connectivity index (χ3v) is 6.07. The lowest BCUT2D eigenvalue weighted by atomic mass is 10.1. The van der Waals surface area contributed by atoms with Gasteiger partial charge in [0.1, 0.15) is 12.4 Å². The molecule has 0 aromatic heterocycles. The first-order chi connectivity index (χ1) is 17.0. The summed E-state index contributed by atoms with van der Waals surface area (Å²) in [6, 6.07) is 20.9. The van der Waals surface area contributed by atoms with Gasteiger partial charge in [-0.15, -0.1) is 0 Å². The highest BCUT2D eigenvalue weighted by Crippen LogP contribution is 2.26. The van der Waals surface area contributed by atoms with Crippen molar-refractivity contribution in [1.82, 2.24) is 9.80 Å². The van der Waals surface area contributed by atoms with Gasteiger partial charge < -0.3 is 19.3 Å². The number of likely N-dealkylation sites (N-methyl/N-ethyl adjacent to an activating group) is 2. The summed E-state index contributed by atoms with van der Waals surface area (Å²) in [5.74, 6) is 0.246. The number of amides is 1. The molecule has 6 heteroatoms. The Hall–Kier alpha value is -3.64. The summed E-state index contributed by atoms with van der Waals surface area (Å²) in [6.07, 6.45) is 1.82. The zero-order valence-corrected chi connectivity index (χ0v) is 21.0. The number of hydrogen-bond acceptors (Lipinski definition) is 5. The van der Waals surface area contributed by atoms with Crippen molar-refractivity contribution < 1.29 is 19.1 Å². The van der Waals surface area contributed by atoms with Crippen LogP contribution in [0.15, 0.2) is 72.3 Å². The average molecular weight is 475 g/mol. The molecule has 6 nitrogen and oxygen atoms in total. The van der Waals surface area contributed by atoms with Crippen LogP contribution in [0.3, 0.4) is 0 Å². The highest BCUT2D eigenvalue weighted by atomic mass is 16.5. The van der Waals surface area contributed by atoms with E-state index < -0.39 is 5.97 Å². The van der Waals surface area contributed by atoms with Crippen molar-refractivity contribution in [2.45, 2.75) is 13.8 Å². The SMILES string of the molecule is CCN(CC)CCN(C)C(=O)C(=Cc1ccc(C(=O)OC)cc1)COc1cccc2ccccc12. The Morgan fingerprint density at radius 1 is 0.886 bits per heavy atom. The Balaban J connectivity index is 1.85. The third-order valence-electron chi connectivity index (χ3n) is 6.07. The van der Waals surface area contributed by atoms with E-state index in [0.717, 1.165) is 41.7 Å². The minimum Gasteiger partial charge on any atom is -0.488 e. The van der Waals surface area contributed by atoms with E-state index in [9.17, 15) is 9.59 Å². The number of hydrogen-bond donors (Lipinski definition) is 0. The van der Waals surface area contributed by atoms with Crippen molar-refractivity contribution in [2.75, 3.05) is 46.9 Å². The molecule has 0 aliphatic rings. The largest absolute Gasteiger partial charge is 0.488 e. The number of methoxy groups -OCH3 is 1. The van der Waals surface area contributed by atoms with Crippen LogP contribution in [-0.2, 0) is 9.53 Å². The fraction of sp³-hybridized carbons (Fsp3) is 0.310. The lowest BCUT2D eigenvalue weighted by Crippen LogP contribution is -2.37. The van der Waals surface area contributed by atoms with E-state index in [-0.39, 0.29) is 12.5 Å². The van der Waals surface area contributed by atoms with E-state index in [4.69, 9.17) is 9.47 Å². The number of ether oxygens (including phenoxy) is 2. The number of rotatable bonds is 11. The van der Waals surface area contributed by atoms with E-state index in [1.807, 2.05) is 55.6 Å². The fourth-order valence-corrected chi connectivity index (χ4v) is 3.85. The van der Waals surface area contributed by atoms with Gasteiger partial charge in [0, 0.05) is 25.5 Å². The number of fused-ring (bicyclic) bond motifs is 1. The second-order valence-electron chi connectivity index (χ2n) is 8.30. The first-order valence-corrected chi connectivity index (χ1v) is 11.9. The molecule has 0 saturated heterocycles. The van der Waals surface area contributed by atoms with E-state index in [1.165, 1.54) is 7.11 Å². The zero-order valence-electron chi connectivity index (χ0n) is 21.0. The van der Waals surface area contributed by atoms with Gasteiger partial charge in [0.05, 0.1) is 18.2 Å². The third kappa shape index (κ3) is 6.93. The van der Waals surface area contributed by atoms with Crippen LogP contribution in [-0.4, -0.2) is 68.6 Å². The average Bonchev–Trinajstić information content (AvgIpc) is 2.90. The number of carbonyl (C=O) groups excluding carboxylic acids is 2. The molecule has 3 aromatic carbocycles. The van der Waals surface area contributed by atoms with Crippen molar-refractivity contribution in [2.24, 2.45) is 0 Å². The van der Waals surface area contributed by atoms with Gasteiger partial charge in [0.25, 0.3) is 5.91 Å². The maximum Gasteiger partial charge on any atom is 0.337 e. The molecule has 0 saturated carbocycles. The van der Waals surface area contributed by atoms with Gasteiger partial charge in [-0.25, -0.2) is 4.79 Å². The van der Waals surface area contributed by atoms with Crippen LogP contribution in [0.1, 0.15) is 29.8 Å². The van der Waals surface area contributed by atoms with Crippen molar-refractivity contribution in [3.05, 3.63) is 83.4 Å². The molecule has 0 radical (unpaired) electrons. The second-order valence-corrected chi connectivity index (χ2v) is 8.30. The molecule has 35 heavy (non-hydrogen) atoms. The molecule has 0 fully saturated rings. The minimum absolute atomic E-state index is 0.0885. The monoisotopic (exact) mass is 474 g/mol. The standard InChI is InChI=1S/C29H34N2O4/c1-5-31(6-2)19-18-30(3)28(32)25(20-22-14-16-24(17-15-22)29(33)34-4)21-35-27-13-9-11-23-10-7-8-12-26(23)27/h7-17,20H,5-6,18-19,21H2,1-4H3. The lowest BCUT2D eigenvalue weighted by molar-refractivity contribution is -0.126. The van der Waals surface area contributed by atoms with Gasteiger partial charge in [-0.1, -0.05) is 62.4 Å². The first-order valence-electron chi connectivity index (χ1n) is 11.9. The van der Waals surface area contributed by atoms with Gasteiger partial charge in [-0.3, -0.25) is 4.79 Å². The molecule has 184 valence electrons. The minimum atomic E-state index is -0.396. The molecule has 1 amide bonds. The van der Waals surface area contributed by atoms with Crippen LogP contribution < -0.4 is 4.74 Å². The van der Waals surface area contributed by atoms with Gasteiger partial charge in [0.2, 0.25) is 0 Å². The summed E-state index contributed by atoms with van der Waals surface area (Å²) in [6.45, 7) is 7.67. The van der Waals surface area contributed by atoms with Crippen LogP contribution >= 0.6 is 0 Å². The Bertz CT molecular complexity index is 1160. The summed E-state index contributed by atoms with van der Waals surface area (Å²) in [7, 11) is 3.17. The van der Waals surface area contributed by atoms with Crippen LogP contribution in [0.5, 0.6) is 5.75 Å². The summed E-state index contributed by atoms with van der Waals surface area (Å²) in [4.78, 5) is 29.2. The number of carbonyl (C=O) groups is 2. The van der Waals surface area contributed by atoms with Gasteiger partial charge in [0.15, 0.2) is 0 Å². The zero-order chi connectivity index (χ0) is 25.2. The summed E-state index contributed by atoms with van der Waals surface area (Å²) in [5, 5.41) is 2.08. The Morgan fingerprint density at radius 3 is 2.26 bits per heavy atom. The van der Waals surface area contributed by atoms with Crippen LogP contribution in [0.4, 0.5) is 0 Å². The van der Waals surface area contributed by atoms with E-state index in [2.05, 4.69) is 18.7 Å². The highest BCUT2D eigenvalue weighted by molar-refractivity contribution is 5.98. The molecule has 3 rings (SSSR count). The van der Waals surface area contributed by atoms with Gasteiger partial charge >= 0.3 is 5.97 Å². The van der Waals surface area contributed by atoms with Crippen LogP contribution in [0.25, 0.3) is 16.8 Å². The predicted molar refractivity (Wildman–Crippen MR) is 141 cm³/mol. The number of benzene rings is 3. The second kappa shape index (κ2) is 12.7. The molecule has 3 aromatic rings. The molecule has 0 N–H and O–H groups in total. The molecule has 0 atom stereocenters. The molecular formula is C29H34N2O4. The normalized spacial score (nSPS) is 11.5. The lowest BCUT2D eigenvalue weighted by Gasteiger charge is -2.24. The molecule has 0 unspecified atom stereocenters. The number of esters is 1. The smallest absolute Gasteiger partial charge is 0.337 e. The molecule has 0 heterocycles. The van der Waals surface area contributed by atoms with Crippen molar-refractivity contribution in [3.8, 4) is 5.75 Å². The fourth-order valence-electron chi connectivity index (χ4n) is 3.85. The summed E-state index contributed by atoms with van der Waals surface area (Å²) < 4.78 is 10.9. The number of nitrogens with zero attached hydrogens (tertiary/aromatic N) is 2. The van der Waals surface area contributed by atoms with Crippen LogP contribution in [0.2, 0.25) is 0 Å². The van der Waals surface area contributed by atoms with Gasteiger partial charge in [-0.2, -0.15) is 0 Å². The molecule has 0 bridgehead atoms. The van der Waals surface area contributed by atoms with Crippen LogP contribution in [0, 0.1) is 0 Å². The van der Waals surface area contributed by atoms with E-state index in [1.54, 1.807) is 29.2 Å². The maximum absolute atomic E-state index is 13.4. The Kier molecular flexibility index (Phi) is 9.44. The Morgan fingerprint density at radius 2 is 1.57 bits per heavy atom. The quantitative estimate of drug-likeness (QED) is 0.293. The maximum atomic E-state index is 13.4. The first kappa shape index (κ1) is 26.0. The Labute approximate surface area is 207 Å². The molecule has 0 aliphatic carbocycles. The predicted octanol–water partition coefficient (Wildman–Crippen LogP) is 4.89. The molecule has 0 aliphatic heterocycles. The van der Waals surface area contributed by atoms with Crippen molar-refractivity contribution in [3.63, 3.8) is 0 Å². The molecular weight excluding hydrogens is 440 g/mol. The van der Waals surface area contributed by atoms with E-state index in [0.29, 0.717) is 17.7 Å². The topological polar surface area (TPSA) is 59.1 Å². The van der Waals surface area contributed by atoms with Crippen molar-refractivity contribution >= 4 is 28.7 Å². The van der Waals surface area contributed by atoms with Gasteiger partial charge in [-0.05, 0) is 48.3 Å². The summed E-state index contributed by atoms with van der Waals surface area (Å²) in [5.41, 5.74) is 1.80. The van der Waals surface area contributed by atoms with Crippen molar-refractivity contribution in [1.29, 1.82) is 0 Å². The highest BCUT2D eigenvalue weighted by Gasteiger charge is 2.17. The molecule has 0 spiro atoms. The summed E-state index contributed by atoms with van der Waals surface area (Å²) >= 11 is 0.